The number of hydrogen-bond acceptors (Lipinski definition) is 5. The number of aliphatic hydroxyl groups is 1. The van der Waals surface area contributed by atoms with E-state index in [0.717, 1.165) is 0 Å². The Bertz CT molecular complexity index is 358. The lowest BCUT2D eigenvalue weighted by atomic mass is 10.1. The van der Waals surface area contributed by atoms with Crippen LogP contribution in [0.5, 0.6) is 0 Å². The van der Waals surface area contributed by atoms with E-state index in [0.29, 0.717) is 12.4 Å². The molecule has 0 aliphatic rings. The van der Waals surface area contributed by atoms with Gasteiger partial charge in [0.2, 0.25) is 11.7 Å². The Kier molecular flexibility index (Phi) is 5.61. The second-order valence-electron chi connectivity index (χ2n) is 4.27. The molecule has 104 valence electrons. The zero-order valence-corrected chi connectivity index (χ0v) is 10.6. The molecule has 0 aliphatic carbocycles. The van der Waals surface area contributed by atoms with Crippen LogP contribution in [0.1, 0.15) is 38.6 Å². The Labute approximate surface area is 104 Å². The first-order chi connectivity index (χ1) is 8.45. The van der Waals surface area contributed by atoms with Gasteiger partial charge in [0.15, 0.2) is 0 Å². The third-order valence-electron chi connectivity index (χ3n) is 2.36. The van der Waals surface area contributed by atoms with Crippen molar-refractivity contribution in [2.75, 3.05) is 6.61 Å². The van der Waals surface area contributed by atoms with E-state index in [4.69, 9.17) is 14.4 Å². The van der Waals surface area contributed by atoms with Crippen LogP contribution < -0.4 is 0 Å². The van der Waals surface area contributed by atoms with Gasteiger partial charge in [-0.25, -0.2) is 8.78 Å². The number of ether oxygens (including phenoxy) is 1. The average molecular weight is 264 g/mol. The first-order valence-corrected chi connectivity index (χ1v) is 5.86. The average Bonchev–Trinajstić information content (AvgIpc) is 2.73. The monoisotopic (exact) mass is 264 g/mol. The summed E-state index contributed by atoms with van der Waals surface area (Å²) in [7, 11) is 0. The molecule has 1 N–H and O–H groups in total. The molecule has 1 aromatic heterocycles. The number of rotatable bonds is 7. The Morgan fingerprint density at radius 3 is 2.56 bits per heavy atom. The summed E-state index contributed by atoms with van der Waals surface area (Å²) in [5, 5.41) is 12.7. The van der Waals surface area contributed by atoms with Crippen molar-refractivity contribution in [1.82, 2.24) is 10.1 Å². The summed E-state index contributed by atoms with van der Waals surface area (Å²) in [5.41, 5.74) is 0. The summed E-state index contributed by atoms with van der Waals surface area (Å²) in [6.45, 7) is 6.21. The van der Waals surface area contributed by atoms with E-state index in [2.05, 4.69) is 10.1 Å². The molecule has 0 saturated heterocycles. The highest BCUT2D eigenvalue weighted by Crippen LogP contribution is 2.23. The van der Waals surface area contributed by atoms with Crippen LogP contribution in [0.2, 0.25) is 0 Å². The van der Waals surface area contributed by atoms with Crippen LogP contribution in [0.3, 0.4) is 0 Å². The highest BCUT2D eigenvalue weighted by molar-refractivity contribution is 4.94. The molecule has 7 heteroatoms. The van der Waals surface area contributed by atoms with E-state index < -0.39 is 12.5 Å². The van der Waals surface area contributed by atoms with Gasteiger partial charge >= 0.3 is 0 Å². The molecular weight excluding hydrogens is 246 g/mol. The number of hydrogen-bond donors (Lipinski definition) is 1. The maximum atomic E-state index is 12.2. The molecule has 1 rings (SSSR count). The summed E-state index contributed by atoms with van der Waals surface area (Å²) >= 11 is 0. The molecule has 2 atom stereocenters. The van der Waals surface area contributed by atoms with Crippen LogP contribution >= 0.6 is 0 Å². The number of alkyl halides is 2. The van der Waals surface area contributed by atoms with Crippen LogP contribution in [0.25, 0.3) is 0 Å². The van der Waals surface area contributed by atoms with Crippen LogP contribution in [-0.2, 0) is 11.2 Å². The topological polar surface area (TPSA) is 68.4 Å². The van der Waals surface area contributed by atoms with Crippen molar-refractivity contribution in [2.24, 2.45) is 5.92 Å². The predicted molar refractivity (Wildman–Crippen MR) is 59.2 cm³/mol. The fraction of sp³-hybridized carbons (Fsp3) is 0.818. The normalized spacial score (nSPS) is 15.3. The van der Waals surface area contributed by atoms with Gasteiger partial charge in [0, 0.05) is 6.61 Å². The van der Waals surface area contributed by atoms with Crippen molar-refractivity contribution in [3.8, 4) is 0 Å². The van der Waals surface area contributed by atoms with E-state index in [1.807, 2.05) is 20.8 Å². The first kappa shape index (κ1) is 15.0. The second kappa shape index (κ2) is 6.75. The molecular formula is C11H18F2N2O3. The molecule has 0 aliphatic heterocycles. The lowest BCUT2D eigenvalue weighted by molar-refractivity contribution is -0.00754. The molecule has 0 aromatic carbocycles. The SMILES string of the molecule is CCOC(c1noc(CC(O)C(F)F)n1)C(C)C. The van der Waals surface area contributed by atoms with E-state index in [9.17, 15) is 8.78 Å². The van der Waals surface area contributed by atoms with Gasteiger partial charge in [0.05, 0.1) is 6.42 Å². The quantitative estimate of drug-likeness (QED) is 0.815. The standard InChI is InChI=1S/C11H18F2N2O3/c1-4-17-9(6(2)3)11-14-8(18-15-11)5-7(16)10(12)13/h6-7,9-10,16H,4-5H2,1-3H3. The van der Waals surface area contributed by atoms with Gasteiger partial charge in [-0.1, -0.05) is 19.0 Å². The van der Waals surface area contributed by atoms with Crippen molar-refractivity contribution in [1.29, 1.82) is 0 Å². The van der Waals surface area contributed by atoms with Crippen molar-refractivity contribution >= 4 is 0 Å². The van der Waals surface area contributed by atoms with Crippen LogP contribution in [0.15, 0.2) is 4.52 Å². The lowest BCUT2D eigenvalue weighted by Gasteiger charge is -2.16. The molecule has 0 spiro atoms. The maximum absolute atomic E-state index is 12.2. The molecule has 2 unspecified atom stereocenters. The molecule has 18 heavy (non-hydrogen) atoms. The van der Waals surface area contributed by atoms with Crippen molar-refractivity contribution in [2.45, 2.75) is 45.8 Å². The highest BCUT2D eigenvalue weighted by Gasteiger charge is 2.25. The molecule has 1 aromatic rings. The summed E-state index contributed by atoms with van der Waals surface area (Å²) in [4.78, 5) is 3.98. The molecule has 0 fully saturated rings. The lowest BCUT2D eigenvalue weighted by Crippen LogP contribution is -2.20. The summed E-state index contributed by atoms with van der Waals surface area (Å²) in [6, 6.07) is 0. The Morgan fingerprint density at radius 1 is 1.39 bits per heavy atom. The zero-order chi connectivity index (χ0) is 13.7. The molecule has 0 radical (unpaired) electrons. The molecule has 1 heterocycles. The van der Waals surface area contributed by atoms with Gasteiger partial charge in [-0.15, -0.1) is 0 Å². The van der Waals surface area contributed by atoms with Gasteiger partial charge in [0.1, 0.15) is 12.2 Å². The Hall–Kier alpha value is -1.08. The van der Waals surface area contributed by atoms with E-state index in [1.165, 1.54) is 0 Å². The Balaban J connectivity index is 2.72. The van der Waals surface area contributed by atoms with Crippen molar-refractivity contribution in [3.05, 3.63) is 11.7 Å². The smallest absolute Gasteiger partial charge is 0.264 e. The minimum absolute atomic E-state index is 0.0110. The first-order valence-electron chi connectivity index (χ1n) is 5.86. The Morgan fingerprint density at radius 2 is 2.06 bits per heavy atom. The zero-order valence-electron chi connectivity index (χ0n) is 10.6. The minimum Gasteiger partial charge on any atom is -0.387 e. The van der Waals surface area contributed by atoms with Gasteiger partial charge in [-0.3, -0.25) is 0 Å². The van der Waals surface area contributed by atoms with E-state index in [1.54, 1.807) is 0 Å². The fourth-order valence-electron chi connectivity index (χ4n) is 1.48. The number of aromatic nitrogens is 2. The summed E-state index contributed by atoms with van der Waals surface area (Å²) in [5.74, 6) is 0.446. The molecule has 0 saturated carbocycles. The van der Waals surface area contributed by atoms with Gasteiger partial charge in [0.25, 0.3) is 6.43 Å². The maximum Gasteiger partial charge on any atom is 0.264 e. The fourth-order valence-corrected chi connectivity index (χ4v) is 1.48. The minimum atomic E-state index is -2.83. The van der Waals surface area contributed by atoms with Crippen LogP contribution in [-0.4, -0.2) is 34.4 Å². The third-order valence-corrected chi connectivity index (χ3v) is 2.36. The molecule has 0 bridgehead atoms. The third kappa shape index (κ3) is 3.99. The predicted octanol–water partition coefficient (Wildman–Crippen LogP) is 1.97. The number of aliphatic hydroxyl groups excluding tert-OH is 1. The van der Waals surface area contributed by atoms with E-state index >= 15 is 0 Å². The number of nitrogens with zero attached hydrogens (tertiary/aromatic N) is 2. The van der Waals surface area contributed by atoms with Crippen molar-refractivity contribution in [3.63, 3.8) is 0 Å². The summed E-state index contributed by atoms with van der Waals surface area (Å²) in [6.07, 6.45) is -5.31. The van der Waals surface area contributed by atoms with E-state index in [-0.39, 0.29) is 24.3 Å². The van der Waals surface area contributed by atoms with Gasteiger partial charge in [-0.2, -0.15) is 4.98 Å². The van der Waals surface area contributed by atoms with Crippen molar-refractivity contribution < 1.29 is 23.1 Å². The molecule has 5 nitrogen and oxygen atoms in total. The van der Waals surface area contributed by atoms with Gasteiger partial charge in [-0.05, 0) is 12.8 Å². The van der Waals surface area contributed by atoms with Crippen LogP contribution in [0, 0.1) is 5.92 Å². The second-order valence-corrected chi connectivity index (χ2v) is 4.27. The largest absolute Gasteiger partial charge is 0.387 e. The number of halogens is 2. The molecule has 0 amide bonds. The highest BCUT2D eigenvalue weighted by atomic mass is 19.3. The summed E-state index contributed by atoms with van der Waals surface area (Å²) < 4.78 is 34.6. The van der Waals surface area contributed by atoms with Gasteiger partial charge < -0.3 is 14.4 Å². The van der Waals surface area contributed by atoms with Crippen LogP contribution in [0.4, 0.5) is 8.78 Å².